The largest absolute Gasteiger partial charge is 0.465 e. The lowest BCUT2D eigenvalue weighted by Gasteiger charge is -2.09. The zero-order valence-corrected chi connectivity index (χ0v) is 13.6. The van der Waals surface area contributed by atoms with Crippen molar-refractivity contribution in [3.05, 3.63) is 65.2 Å². The van der Waals surface area contributed by atoms with Crippen molar-refractivity contribution in [2.75, 3.05) is 12.4 Å². The molecular formula is C19H21NO3. The lowest BCUT2D eigenvalue weighted by Crippen LogP contribution is -2.13. The minimum Gasteiger partial charge on any atom is -0.465 e. The Morgan fingerprint density at radius 2 is 1.70 bits per heavy atom. The van der Waals surface area contributed by atoms with Crippen LogP contribution >= 0.6 is 0 Å². The van der Waals surface area contributed by atoms with Gasteiger partial charge in [-0.15, -0.1) is 0 Å². The number of anilines is 1. The smallest absolute Gasteiger partial charge is 0.337 e. The van der Waals surface area contributed by atoms with Crippen molar-refractivity contribution in [2.45, 2.75) is 20.3 Å². The van der Waals surface area contributed by atoms with Crippen molar-refractivity contribution in [3.63, 3.8) is 0 Å². The summed E-state index contributed by atoms with van der Waals surface area (Å²) < 4.78 is 4.66. The van der Waals surface area contributed by atoms with E-state index in [1.54, 1.807) is 18.2 Å². The summed E-state index contributed by atoms with van der Waals surface area (Å²) in [5.41, 5.74) is 2.74. The van der Waals surface area contributed by atoms with Crippen LogP contribution in [0.15, 0.2) is 48.5 Å². The standard InChI is InChI=1S/C19H21NO3/c1-13(2)11-14-7-9-17(10-8-14)20-18(21)15-5-4-6-16(12-15)19(22)23-3/h4-10,12-13H,11H2,1-3H3,(H,20,21). The summed E-state index contributed by atoms with van der Waals surface area (Å²) in [5.74, 6) is -0.124. The van der Waals surface area contributed by atoms with Crippen molar-refractivity contribution in [2.24, 2.45) is 5.92 Å². The van der Waals surface area contributed by atoms with Crippen molar-refractivity contribution < 1.29 is 14.3 Å². The van der Waals surface area contributed by atoms with E-state index in [2.05, 4.69) is 23.9 Å². The molecule has 0 heterocycles. The Kier molecular flexibility index (Phi) is 5.52. The highest BCUT2D eigenvalue weighted by molar-refractivity contribution is 6.05. The molecule has 2 rings (SSSR count). The van der Waals surface area contributed by atoms with Crippen molar-refractivity contribution in [1.82, 2.24) is 0 Å². The summed E-state index contributed by atoms with van der Waals surface area (Å²) in [6.45, 7) is 4.34. The summed E-state index contributed by atoms with van der Waals surface area (Å²) in [7, 11) is 1.31. The van der Waals surface area contributed by atoms with Gasteiger partial charge in [0.2, 0.25) is 0 Å². The molecule has 0 aliphatic carbocycles. The van der Waals surface area contributed by atoms with Crippen LogP contribution in [-0.4, -0.2) is 19.0 Å². The average molecular weight is 311 g/mol. The molecule has 0 radical (unpaired) electrons. The monoisotopic (exact) mass is 311 g/mol. The van der Waals surface area contributed by atoms with Crippen LogP contribution in [0.4, 0.5) is 5.69 Å². The van der Waals surface area contributed by atoms with E-state index in [0.717, 1.165) is 12.1 Å². The van der Waals surface area contributed by atoms with Crippen LogP contribution in [-0.2, 0) is 11.2 Å². The molecule has 4 heteroatoms. The van der Waals surface area contributed by atoms with Crippen LogP contribution in [0.2, 0.25) is 0 Å². The first-order chi connectivity index (χ1) is 11.0. The number of rotatable bonds is 5. The number of ether oxygens (including phenoxy) is 1. The fourth-order valence-electron chi connectivity index (χ4n) is 2.30. The number of esters is 1. The SMILES string of the molecule is COC(=O)c1cccc(C(=O)Nc2ccc(CC(C)C)cc2)c1. The van der Waals surface area contributed by atoms with Crippen molar-refractivity contribution in [3.8, 4) is 0 Å². The predicted molar refractivity (Wildman–Crippen MR) is 90.7 cm³/mol. The van der Waals surface area contributed by atoms with Crippen LogP contribution in [0.25, 0.3) is 0 Å². The van der Waals surface area contributed by atoms with Crippen molar-refractivity contribution >= 4 is 17.6 Å². The first-order valence-corrected chi connectivity index (χ1v) is 7.58. The first kappa shape index (κ1) is 16.7. The van der Waals surface area contributed by atoms with E-state index in [4.69, 9.17) is 0 Å². The van der Waals surface area contributed by atoms with Gasteiger partial charge >= 0.3 is 5.97 Å². The maximum Gasteiger partial charge on any atom is 0.337 e. The van der Waals surface area contributed by atoms with E-state index in [-0.39, 0.29) is 5.91 Å². The van der Waals surface area contributed by atoms with Gasteiger partial charge in [-0.05, 0) is 48.2 Å². The lowest BCUT2D eigenvalue weighted by atomic mass is 10.0. The van der Waals surface area contributed by atoms with Crippen LogP contribution in [0.3, 0.4) is 0 Å². The maximum absolute atomic E-state index is 12.3. The van der Waals surface area contributed by atoms with Gasteiger partial charge in [0.1, 0.15) is 0 Å². The van der Waals surface area contributed by atoms with E-state index in [1.165, 1.54) is 18.7 Å². The first-order valence-electron chi connectivity index (χ1n) is 7.58. The molecule has 0 saturated carbocycles. The highest BCUT2D eigenvalue weighted by Gasteiger charge is 2.11. The Balaban J connectivity index is 2.08. The molecule has 4 nitrogen and oxygen atoms in total. The summed E-state index contributed by atoms with van der Waals surface area (Å²) in [6, 6.07) is 14.3. The molecule has 0 spiro atoms. The van der Waals surface area contributed by atoms with Gasteiger partial charge in [-0.2, -0.15) is 0 Å². The minimum atomic E-state index is -0.460. The van der Waals surface area contributed by atoms with E-state index in [1.807, 2.05) is 24.3 Å². The summed E-state index contributed by atoms with van der Waals surface area (Å²) >= 11 is 0. The summed E-state index contributed by atoms with van der Waals surface area (Å²) in [4.78, 5) is 23.8. The molecule has 0 saturated heterocycles. The Morgan fingerprint density at radius 1 is 1.04 bits per heavy atom. The molecule has 0 aliphatic heterocycles. The van der Waals surface area contributed by atoms with Gasteiger partial charge in [0.15, 0.2) is 0 Å². The number of methoxy groups -OCH3 is 1. The third-order valence-electron chi connectivity index (χ3n) is 3.40. The minimum absolute atomic E-state index is 0.257. The molecule has 0 unspecified atom stereocenters. The van der Waals surface area contributed by atoms with E-state index < -0.39 is 5.97 Å². The van der Waals surface area contributed by atoms with Gasteiger partial charge < -0.3 is 10.1 Å². The quantitative estimate of drug-likeness (QED) is 0.851. The van der Waals surface area contributed by atoms with Crippen LogP contribution in [0.1, 0.15) is 40.1 Å². The Morgan fingerprint density at radius 3 is 2.30 bits per heavy atom. The third-order valence-corrected chi connectivity index (χ3v) is 3.40. The average Bonchev–Trinajstić information content (AvgIpc) is 2.55. The summed E-state index contributed by atoms with van der Waals surface area (Å²) in [6.07, 6.45) is 1.01. The number of amides is 1. The number of carbonyl (C=O) groups excluding carboxylic acids is 2. The second-order valence-electron chi connectivity index (χ2n) is 5.82. The summed E-state index contributed by atoms with van der Waals surface area (Å²) in [5, 5.41) is 2.83. The molecule has 1 amide bonds. The van der Waals surface area contributed by atoms with Gasteiger partial charge in [-0.1, -0.05) is 32.0 Å². The number of hydrogen-bond acceptors (Lipinski definition) is 3. The molecule has 23 heavy (non-hydrogen) atoms. The molecule has 0 fully saturated rings. The Labute approximate surface area is 136 Å². The van der Waals surface area contributed by atoms with Crippen LogP contribution in [0, 0.1) is 5.92 Å². The number of carbonyl (C=O) groups is 2. The second-order valence-corrected chi connectivity index (χ2v) is 5.82. The zero-order valence-electron chi connectivity index (χ0n) is 13.6. The number of nitrogens with one attached hydrogen (secondary N) is 1. The van der Waals surface area contributed by atoms with Crippen LogP contribution in [0.5, 0.6) is 0 Å². The maximum atomic E-state index is 12.3. The van der Waals surface area contributed by atoms with Gasteiger partial charge in [0.05, 0.1) is 12.7 Å². The fourth-order valence-corrected chi connectivity index (χ4v) is 2.30. The van der Waals surface area contributed by atoms with Crippen molar-refractivity contribution in [1.29, 1.82) is 0 Å². The molecule has 2 aromatic carbocycles. The topological polar surface area (TPSA) is 55.4 Å². The molecule has 0 bridgehead atoms. The highest BCUT2D eigenvalue weighted by Crippen LogP contribution is 2.15. The molecule has 1 N–H and O–H groups in total. The molecule has 0 atom stereocenters. The fraction of sp³-hybridized carbons (Fsp3) is 0.263. The van der Waals surface area contributed by atoms with Gasteiger partial charge in [-0.25, -0.2) is 4.79 Å². The molecule has 2 aromatic rings. The normalized spacial score (nSPS) is 10.4. The number of hydrogen-bond donors (Lipinski definition) is 1. The molecular weight excluding hydrogens is 290 g/mol. The second kappa shape index (κ2) is 7.58. The predicted octanol–water partition coefficient (Wildman–Crippen LogP) is 3.92. The highest BCUT2D eigenvalue weighted by atomic mass is 16.5. The van der Waals surface area contributed by atoms with Gasteiger partial charge in [0, 0.05) is 11.3 Å². The van der Waals surface area contributed by atoms with Gasteiger partial charge in [0.25, 0.3) is 5.91 Å². The molecule has 0 aliphatic rings. The molecule has 0 aromatic heterocycles. The third kappa shape index (κ3) is 4.68. The zero-order chi connectivity index (χ0) is 16.8. The number of benzene rings is 2. The van der Waals surface area contributed by atoms with Gasteiger partial charge in [-0.3, -0.25) is 4.79 Å². The Bertz CT molecular complexity index is 690. The Hall–Kier alpha value is -2.62. The van der Waals surface area contributed by atoms with Crippen LogP contribution < -0.4 is 5.32 Å². The lowest BCUT2D eigenvalue weighted by molar-refractivity contribution is 0.0600. The molecule has 120 valence electrons. The van der Waals surface area contributed by atoms with E-state index >= 15 is 0 Å². The van der Waals surface area contributed by atoms with E-state index in [9.17, 15) is 9.59 Å². The van der Waals surface area contributed by atoms with E-state index in [0.29, 0.717) is 17.0 Å².